The molecule has 2 aromatic heterocycles. The Kier molecular flexibility index (Phi) is 5.44. The first-order valence-corrected chi connectivity index (χ1v) is 9.68. The second kappa shape index (κ2) is 8.35. The minimum absolute atomic E-state index is 0.0466. The van der Waals surface area contributed by atoms with Gasteiger partial charge in [0.1, 0.15) is 11.3 Å². The van der Waals surface area contributed by atoms with Gasteiger partial charge in [-0.05, 0) is 38.1 Å². The topological polar surface area (TPSA) is 107 Å². The van der Waals surface area contributed by atoms with Crippen molar-refractivity contribution in [1.29, 1.82) is 0 Å². The summed E-state index contributed by atoms with van der Waals surface area (Å²) in [6, 6.07) is 14.2. The van der Waals surface area contributed by atoms with Gasteiger partial charge in [0.05, 0.1) is 35.4 Å². The summed E-state index contributed by atoms with van der Waals surface area (Å²) in [6.07, 6.45) is 1.39. The van der Waals surface area contributed by atoms with Crippen LogP contribution in [0.2, 0.25) is 0 Å². The van der Waals surface area contributed by atoms with Crippen LogP contribution >= 0.6 is 0 Å². The number of furan rings is 1. The molecule has 0 saturated carbocycles. The molecule has 1 amide bonds. The Balaban J connectivity index is 1.37. The van der Waals surface area contributed by atoms with Crippen LogP contribution in [0.5, 0.6) is 5.75 Å². The summed E-state index contributed by atoms with van der Waals surface area (Å²) in [4.78, 5) is 24.5. The zero-order valence-corrected chi connectivity index (χ0v) is 17.1. The van der Waals surface area contributed by atoms with E-state index >= 15 is 0 Å². The molecule has 31 heavy (non-hydrogen) atoms. The number of carbonyl (C=O) groups is 2. The fraction of sp³-hybridized carbons (Fsp3) is 0.174. The Labute approximate surface area is 178 Å². The second-order valence-electron chi connectivity index (χ2n) is 7.12. The molecular formula is C23H21N3O5. The molecule has 2 heterocycles. The smallest absolute Gasteiger partial charge is 0.310 e. The summed E-state index contributed by atoms with van der Waals surface area (Å²) in [5.74, 6) is -0.928. The van der Waals surface area contributed by atoms with Gasteiger partial charge in [0.25, 0.3) is 5.91 Å². The van der Waals surface area contributed by atoms with E-state index in [1.165, 1.54) is 18.4 Å². The molecule has 0 aliphatic carbocycles. The van der Waals surface area contributed by atoms with E-state index in [0.29, 0.717) is 27.9 Å². The van der Waals surface area contributed by atoms with Gasteiger partial charge in [-0.1, -0.05) is 18.2 Å². The van der Waals surface area contributed by atoms with Gasteiger partial charge in [0, 0.05) is 17.0 Å². The summed E-state index contributed by atoms with van der Waals surface area (Å²) in [7, 11) is 0. The van der Waals surface area contributed by atoms with Crippen molar-refractivity contribution in [3.05, 3.63) is 71.7 Å². The van der Waals surface area contributed by atoms with E-state index in [4.69, 9.17) is 9.15 Å². The van der Waals surface area contributed by atoms with Crippen molar-refractivity contribution in [3.63, 3.8) is 0 Å². The molecule has 8 nitrogen and oxygen atoms in total. The largest absolute Gasteiger partial charge is 0.508 e. The number of aromatic hydroxyl groups is 1. The van der Waals surface area contributed by atoms with Gasteiger partial charge in [-0.25, -0.2) is 4.68 Å². The quantitative estimate of drug-likeness (QED) is 0.462. The van der Waals surface area contributed by atoms with Crippen molar-refractivity contribution in [2.24, 2.45) is 0 Å². The van der Waals surface area contributed by atoms with E-state index in [1.807, 2.05) is 37.3 Å². The SMILES string of the molecule is Cc1nn(-c2ccccc2)c(C)c1NC(=O)COC(=O)Cc1coc2cc(O)ccc12. The number of esters is 1. The highest BCUT2D eigenvalue weighted by Gasteiger charge is 2.17. The monoisotopic (exact) mass is 419 g/mol. The summed E-state index contributed by atoms with van der Waals surface area (Å²) in [6.45, 7) is 3.25. The summed E-state index contributed by atoms with van der Waals surface area (Å²) < 4.78 is 12.2. The van der Waals surface area contributed by atoms with Crippen LogP contribution in [0.25, 0.3) is 16.7 Å². The van der Waals surface area contributed by atoms with Crippen molar-refractivity contribution in [2.75, 3.05) is 11.9 Å². The first-order chi connectivity index (χ1) is 14.9. The third kappa shape index (κ3) is 4.28. The molecule has 0 saturated heterocycles. The molecule has 0 unspecified atom stereocenters. The number of rotatable bonds is 6. The highest BCUT2D eigenvalue weighted by Crippen LogP contribution is 2.26. The van der Waals surface area contributed by atoms with Crippen LogP contribution in [0.4, 0.5) is 5.69 Å². The van der Waals surface area contributed by atoms with Gasteiger partial charge in [-0.2, -0.15) is 5.10 Å². The first kappa shape index (κ1) is 20.2. The number of hydrogen-bond donors (Lipinski definition) is 2. The fourth-order valence-corrected chi connectivity index (χ4v) is 3.38. The number of benzene rings is 2. The molecule has 0 aliphatic rings. The number of para-hydroxylation sites is 1. The van der Waals surface area contributed by atoms with Crippen LogP contribution in [-0.4, -0.2) is 33.4 Å². The van der Waals surface area contributed by atoms with Crippen molar-refractivity contribution < 1.29 is 23.8 Å². The molecule has 4 rings (SSSR count). The van der Waals surface area contributed by atoms with Gasteiger partial charge < -0.3 is 19.6 Å². The minimum atomic E-state index is -0.556. The molecule has 0 fully saturated rings. The zero-order chi connectivity index (χ0) is 22.0. The van der Waals surface area contributed by atoms with Crippen LogP contribution in [-0.2, 0) is 20.7 Å². The fourth-order valence-electron chi connectivity index (χ4n) is 3.38. The van der Waals surface area contributed by atoms with Crippen LogP contribution in [0.1, 0.15) is 17.0 Å². The number of phenolic OH excluding ortho intramolecular Hbond substituents is 1. The number of phenols is 1. The highest BCUT2D eigenvalue weighted by molar-refractivity contribution is 5.94. The molecule has 158 valence electrons. The lowest BCUT2D eigenvalue weighted by molar-refractivity contribution is -0.146. The average Bonchev–Trinajstić information content (AvgIpc) is 3.28. The lowest BCUT2D eigenvalue weighted by Crippen LogP contribution is -2.22. The van der Waals surface area contributed by atoms with Crippen molar-refractivity contribution in [1.82, 2.24) is 9.78 Å². The predicted octanol–water partition coefficient (Wildman–Crippen LogP) is 3.67. The third-order valence-corrected chi connectivity index (χ3v) is 4.89. The van der Waals surface area contributed by atoms with Gasteiger partial charge in [0.15, 0.2) is 6.61 Å². The molecule has 2 N–H and O–H groups in total. The molecule has 8 heteroatoms. The Hall–Kier alpha value is -4.07. The standard InChI is InChI=1S/C23H21N3O5/c1-14-23(15(2)26(25-14)17-6-4-3-5-7-17)24-21(28)13-31-22(29)10-16-12-30-20-11-18(27)8-9-19(16)20/h3-9,11-12,27H,10,13H2,1-2H3,(H,24,28). The number of aromatic nitrogens is 2. The van der Waals surface area contributed by atoms with E-state index in [9.17, 15) is 14.7 Å². The highest BCUT2D eigenvalue weighted by atomic mass is 16.5. The van der Waals surface area contributed by atoms with E-state index < -0.39 is 18.5 Å². The molecule has 2 aromatic carbocycles. The minimum Gasteiger partial charge on any atom is -0.508 e. The number of nitrogens with one attached hydrogen (secondary N) is 1. The number of hydrogen-bond acceptors (Lipinski definition) is 6. The number of fused-ring (bicyclic) bond motifs is 1. The Morgan fingerprint density at radius 2 is 1.94 bits per heavy atom. The van der Waals surface area contributed by atoms with E-state index in [0.717, 1.165) is 11.4 Å². The molecular weight excluding hydrogens is 398 g/mol. The van der Waals surface area contributed by atoms with E-state index in [2.05, 4.69) is 10.4 Å². The number of aryl methyl sites for hydroxylation is 1. The summed E-state index contributed by atoms with van der Waals surface area (Å²) in [5, 5.41) is 17.5. The number of nitrogens with zero attached hydrogens (tertiary/aromatic N) is 2. The first-order valence-electron chi connectivity index (χ1n) is 9.68. The van der Waals surface area contributed by atoms with Crippen LogP contribution in [0, 0.1) is 13.8 Å². The average molecular weight is 419 g/mol. The maximum absolute atomic E-state index is 12.3. The van der Waals surface area contributed by atoms with Crippen molar-refractivity contribution >= 4 is 28.5 Å². The predicted molar refractivity (Wildman–Crippen MR) is 114 cm³/mol. The van der Waals surface area contributed by atoms with Gasteiger partial charge >= 0.3 is 5.97 Å². The van der Waals surface area contributed by atoms with E-state index in [-0.39, 0.29) is 12.2 Å². The molecule has 0 bridgehead atoms. The van der Waals surface area contributed by atoms with Crippen LogP contribution < -0.4 is 5.32 Å². The molecule has 4 aromatic rings. The van der Waals surface area contributed by atoms with Crippen molar-refractivity contribution in [2.45, 2.75) is 20.3 Å². The van der Waals surface area contributed by atoms with Crippen molar-refractivity contribution in [3.8, 4) is 11.4 Å². The zero-order valence-electron chi connectivity index (χ0n) is 17.1. The van der Waals surface area contributed by atoms with Gasteiger partial charge in [-0.15, -0.1) is 0 Å². The maximum Gasteiger partial charge on any atom is 0.310 e. The second-order valence-corrected chi connectivity index (χ2v) is 7.12. The number of anilines is 1. The van der Waals surface area contributed by atoms with Gasteiger partial charge in [0.2, 0.25) is 0 Å². The summed E-state index contributed by atoms with van der Waals surface area (Å²) >= 11 is 0. The maximum atomic E-state index is 12.3. The number of carbonyl (C=O) groups excluding carboxylic acids is 2. The number of ether oxygens (including phenoxy) is 1. The molecule has 0 spiro atoms. The van der Waals surface area contributed by atoms with Gasteiger partial charge in [-0.3, -0.25) is 9.59 Å². The molecule has 0 atom stereocenters. The Morgan fingerprint density at radius 1 is 1.16 bits per heavy atom. The number of amides is 1. The Morgan fingerprint density at radius 3 is 2.71 bits per heavy atom. The Bertz CT molecular complexity index is 1260. The van der Waals surface area contributed by atoms with E-state index in [1.54, 1.807) is 17.7 Å². The van der Waals surface area contributed by atoms with Crippen LogP contribution in [0.3, 0.4) is 0 Å². The van der Waals surface area contributed by atoms with Crippen LogP contribution in [0.15, 0.2) is 59.2 Å². The molecule has 0 aliphatic heterocycles. The third-order valence-electron chi connectivity index (χ3n) is 4.89. The lowest BCUT2D eigenvalue weighted by Gasteiger charge is -2.08. The lowest BCUT2D eigenvalue weighted by atomic mass is 10.1. The summed E-state index contributed by atoms with van der Waals surface area (Å²) in [5.41, 5.74) is 4.00. The molecule has 0 radical (unpaired) electrons. The normalized spacial score (nSPS) is 10.9.